The largest absolute Gasteiger partial charge is 0.484 e. The summed E-state index contributed by atoms with van der Waals surface area (Å²) in [4.78, 5) is 21.6. The molecule has 0 aliphatic carbocycles. The quantitative estimate of drug-likeness (QED) is 0.783. The molecule has 0 aliphatic rings. The van der Waals surface area contributed by atoms with Gasteiger partial charge in [0, 0.05) is 18.2 Å². The predicted octanol–water partition coefficient (Wildman–Crippen LogP) is 2.47. The number of benzene rings is 1. The molecule has 0 atom stereocenters. The molecule has 0 heterocycles. The minimum Gasteiger partial charge on any atom is -0.484 e. The Labute approximate surface area is 115 Å². The van der Waals surface area contributed by atoms with Crippen molar-refractivity contribution in [1.29, 1.82) is 0 Å². The topological polar surface area (TPSA) is 55.4 Å². The molecular formula is C13H13ClFNO3. The molecule has 1 N–H and O–H groups in total. The van der Waals surface area contributed by atoms with Crippen molar-refractivity contribution in [3.63, 3.8) is 0 Å². The number of carbonyl (C=O) groups is 2. The van der Waals surface area contributed by atoms with Gasteiger partial charge in [-0.1, -0.05) is 18.2 Å². The Morgan fingerprint density at radius 2 is 2.26 bits per heavy atom. The number of nitrogens with one attached hydrogen (secondary N) is 1. The van der Waals surface area contributed by atoms with Gasteiger partial charge in [0.1, 0.15) is 17.9 Å². The average Bonchev–Trinajstić information content (AvgIpc) is 2.38. The summed E-state index contributed by atoms with van der Waals surface area (Å²) in [6.07, 6.45) is 1.41. The Kier molecular flexibility index (Phi) is 6.02. The van der Waals surface area contributed by atoms with E-state index >= 15 is 0 Å². The van der Waals surface area contributed by atoms with Gasteiger partial charge in [0.2, 0.25) is 0 Å². The predicted molar refractivity (Wildman–Crippen MR) is 69.5 cm³/mol. The lowest BCUT2D eigenvalue weighted by molar-refractivity contribution is -0.122. The first-order chi connectivity index (χ1) is 9.02. The minimum absolute atomic E-state index is 0.0148. The number of hydrogen-bond acceptors (Lipinski definition) is 3. The summed E-state index contributed by atoms with van der Waals surface area (Å²) in [6.45, 7) is 3.31. The van der Waals surface area contributed by atoms with E-state index in [1.165, 1.54) is 12.1 Å². The van der Waals surface area contributed by atoms with Crippen LogP contribution in [-0.4, -0.2) is 18.8 Å². The highest BCUT2D eigenvalue weighted by molar-refractivity contribution is 6.30. The molecule has 0 bridgehead atoms. The Hall–Kier alpha value is -1.88. The second-order valence-corrected chi connectivity index (χ2v) is 4.13. The van der Waals surface area contributed by atoms with E-state index in [-0.39, 0.29) is 17.4 Å². The van der Waals surface area contributed by atoms with Crippen LogP contribution in [0.5, 0.6) is 5.75 Å². The van der Waals surface area contributed by atoms with Crippen molar-refractivity contribution in [2.24, 2.45) is 0 Å². The molecule has 1 rings (SSSR count). The maximum absolute atomic E-state index is 13.1. The Bertz CT molecular complexity index is 491. The summed E-state index contributed by atoms with van der Waals surface area (Å²) < 4.78 is 18.2. The number of rotatable bonds is 7. The van der Waals surface area contributed by atoms with Crippen LogP contribution in [0.15, 0.2) is 30.5 Å². The van der Waals surface area contributed by atoms with E-state index in [0.717, 1.165) is 12.4 Å². The third kappa shape index (κ3) is 5.52. The molecule has 4 nitrogen and oxygen atoms in total. The molecule has 0 saturated heterocycles. The Morgan fingerprint density at radius 1 is 1.53 bits per heavy atom. The molecule has 1 amide bonds. The van der Waals surface area contributed by atoms with Crippen LogP contribution in [0, 0.1) is 5.82 Å². The summed E-state index contributed by atoms with van der Waals surface area (Å²) >= 11 is 5.51. The lowest BCUT2D eigenvalue weighted by atomic mass is 10.3. The number of aldehydes is 1. The molecular weight excluding hydrogens is 273 g/mol. The smallest absolute Gasteiger partial charge is 0.262 e. The number of halogens is 2. The third-order valence-corrected chi connectivity index (χ3v) is 2.45. The van der Waals surface area contributed by atoms with Crippen molar-refractivity contribution >= 4 is 23.8 Å². The van der Waals surface area contributed by atoms with Gasteiger partial charge in [-0.3, -0.25) is 4.79 Å². The van der Waals surface area contributed by atoms with Crippen molar-refractivity contribution < 1.29 is 18.7 Å². The van der Waals surface area contributed by atoms with Gasteiger partial charge >= 0.3 is 0 Å². The van der Waals surface area contributed by atoms with E-state index in [2.05, 4.69) is 11.9 Å². The zero-order valence-corrected chi connectivity index (χ0v) is 10.9. The standard InChI is InChI=1S/C13H13ClFNO3/c1-9(3-2-6-17)16-13(18)8-19-10-4-5-11(14)12(15)7-10/h4-7H,1-3,8H2,(H,16,18). The van der Waals surface area contributed by atoms with Gasteiger partial charge in [0.05, 0.1) is 5.02 Å². The fourth-order valence-corrected chi connectivity index (χ4v) is 1.36. The first-order valence-corrected chi connectivity index (χ1v) is 5.90. The maximum Gasteiger partial charge on any atom is 0.262 e. The monoisotopic (exact) mass is 285 g/mol. The summed E-state index contributed by atoms with van der Waals surface area (Å²) in [5.41, 5.74) is 0.433. The fraction of sp³-hybridized carbons (Fsp3) is 0.231. The highest BCUT2D eigenvalue weighted by Crippen LogP contribution is 2.20. The molecule has 6 heteroatoms. The summed E-state index contributed by atoms with van der Waals surface area (Å²) in [5, 5.41) is 2.46. The SMILES string of the molecule is C=C(CCC=O)NC(=O)COc1ccc(Cl)c(F)c1. The number of allylic oxidation sites excluding steroid dienone is 1. The normalized spacial score (nSPS) is 9.79. The van der Waals surface area contributed by atoms with E-state index in [1.54, 1.807) is 0 Å². The van der Waals surface area contributed by atoms with Gasteiger partial charge in [-0.15, -0.1) is 0 Å². The van der Waals surface area contributed by atoms with E-state index in [0.29, 0.717) is 18.5 Å². The second-order valence-electron chi connectivity index (χ2n) is 3.72. The van der Waals surface area contributed by atoms with Crippen molar-refractivity contribution in [3.8, 4) is 5.75 Å². The lowest BCUT2D eigenvalue weighted by Gasteiger charge is -2.09. The second kappa shape index (κ2) is 7.53. The van der Waals surface area contributed by atoms with Crippen LogP contribution >= 0.6 is 11.6 Å². The van der Waals surface area contributed by atoms with Crippen LogP contribution < -0.4 is 10.1 Å². The highest BCUT2D eigenvalue weighted by atomic mass is 35.5. The van der Waals surface area contributed by atoms with Crippen LogP contribution in [0.3, 0.4) is 0 Å². The molecule has 0 radical (unpaired) electrons. The number of carbonyl (C=O) groups excluding carboxylic acids is 2. The van der Waals surface area contributed by atoms with Crippen LogP contribution in [0.4, 0.5) is 4.39 Å². The molecule has 0 aromatic heterocycles. The van der Waals surface area contributed by atoms with Gasteiger partial charge in [-0.2, -0.15) is 0 Å². The number of amides is 1. The molecule has 0 unspecified atom stereocenters. The average molecular weight is 286 g/mol. The van der Waals surface area contributed by atoms with Gasteiger partial charge in [0.15, 0.2) is 6.61 Å². The van der Waals surface area contributed by atoms with E-state index in [4.69, 9.17) is 16.3 Å². The Balaban J connectivity index is 2.39. The number of ether oxygens (including phenoxy) is 1. The van der Waals surface area contributed by atoms with Crippen molar-refractivity contribution in [2.75, 3.05) is 6.61 Å². The first-order valence-electron chi connectivity index (χ1n) is 5.52. The third-order valence-electron chi connectivity index (χ3n) is 2.14. The molecule has 0 aliphatic heterocycles. The van der Waals surface area contributed by atoms with Crippen molar-refractivity contribution in [1.82, 2.24) is 5.32 Å². The van der Waals surface area contributed by atoms with Gasteiger partial charge in [0.25, 0.3) is 5.91 Å². The zero-order chi connectivity index (χ0) is 14.3. The molecule has 0 saturated carbocycles. The maximum atomic E-state index is 13.1. The van der Waals surface area contributed by atoms with Crippen molar-refractivity contribution in [2.45, 2.75) is 12.8 Å². The summed E-state index contributed by atoms with van der Waals surface area (Å²) in [5.74, 6) is -0.836. The van der Waals surface area contributed by atoms with Gasteiger partial charge in [-0.05, 0) is 18.6 Å². The zero-order valence-electron chi connectivity index (χ0n) is 10.1. The fourth-order valence-electron chi connectivity index (χ4n) is 1.24. The van der Waals surface area contributed by atoms with E-state index in [1.807, 2.05) is 0 Å². The van der Waals surface area contributed by atoms with Gasteiger partial charge < -0.3 is 14.8 Å². The minimum atomic E-state index is -0.616. The van der Waals surface area contributed by atoms with Crippen molar-refractivity contribution in [3.05, 3.63) is 41.3 Å². The molecule has 1 aromatic rings. The lowest BCUT2D eigenvalue weighted by Crippen LogP contribution is -2.28. The Morgan fingerprint density at radius 3 is 2.89 bits per heavy atom. The molecule has 19 heavy (non-hydrogen) atoms. The van der Waals surface area contributed by atoms with E-state index < -0.39 is 11.7 Å². The molecule has 0 fully saturated rings. The van der Waals surface area contributed by atoms with Crippen LogP contribution in [-0.2, 0) is 9.59 Å². The van der Waals surface area contributed by atoms with Crippen LogP contribution in [0.2, 0.25) is 5.02 Å². The highest BCUT2D eigenvalue weighted by Gasteiger charge is 2.06. The van der Waals surface area contributed by atoms with E-state index in [9.17, 15) is 14.0 Å². The molecule has 0 spiro atoms. The summed E-state index contributed by atoms with van der Waals surface area (Å²) in [6, 6.07) is 3.89. The van der Waals surface area contributed by atoms with Crippen LogP contribution in [0.25, 0.3) is 0 Å². The molecule has 102 valence electrons. The van der Waals surface area contributed by atoms with Gasteiger partial charge in [-0.25, -0.2) is 4.39 Å². The summed E-state index contributed by atoms with van der Waals surface area (Å²) in [7, 11) is 0. The first kappa shape index (κ1) is 15.2. The number of hydrogen-bond donors (Lipinski definition) is 1. The van der Waals surface area contributed by atoms with Crippen LogP contribution in [0.1, 0.15) is 12.8 Å². The molecule has 1 aromatic carbocycles.